The van der Waals surface area contributed by atoms with E-state index in [1.807, 2.05) is 23.4 Å². The Labute approximate surface area is 112 Å². The number of thiophene rings is 1. The number of amides is 3. The van der Waals surface area contributed by atoms with Crippen molar-refractivity contribution < 1.29 is 9.59 Å². The molecule has 0 bridgehead atoms. The van der Waals surface area contributed by atoms with Crippen LogP contribution in [0.3, 0.4) is 0 Å². The first-order chi connectivity index (χ1) is 7.90. The van der Waals surface area contributed by atoms with Gasteiger partial charge in [0.15, 0.2) is 0 Å². The highest BCUT2D eigenvalue weighted by Gasteiger charge is 2.19. The van der Waals surface area contributed by atoms with E-state index in [2.05, 4.69) is 21.2 Å². The van der Waals surface area contributed by atoms with E-state index in [1.54, 1.807) is 18.3 Å². The SMILES string of the molecule is C[C@@H](C(=O)NC(N)=O)N(C)Cc1cc(Br)cs1. The second-order valence-corrected chi connectivity index (χ2v) is 5.59. The number of hydrogen-bond donors (Lipinski definition) is 2. The number of carbonyl (C=O) groups excluding carboxylic acids is 2. The van der Waals surface area contributed by atoms with Crippen LogP contribution in [0.15, 0.2) is 15.9 Å². The summed E-state index contributed by atoms with van der Waals surface area (Å²) >= 11 is 4.98. The summed E-state index contributed by atoms with van der Waals surface area (Å²) in [6, 6.07) is 0.761. The van der Waals surface area contributed by atoms with Gasteiger partial charge in [0, 0.05) is 21.3 Å². The number of halogens is 1. The smallest absolute Gasteiger partial charge is 0.318 e. The van der Waals surface area contributed by atoms with Gasteiger partial charge in [-0.25, -0.2) is 4.79 Å². The van der Waals surface area contributed by atoms with Gasteiger partial charge < -0.3 is 5.73 Å². The van der Waals surface area contributed by atoms with Crippen molar-refractivity contribution in [2.45, 2.75) is 19.5 Å². The molecular weight excluding hydrogens is 306 g/mol. The number of nitrogens with one attached hydrogen (secondary N) is 1. The number of primary amides is 1. The molecule has 0 radical (unpaired) electrons. The number of hydrogen-bond acceptors (Lipinski definition) is 4. The van der Waals surface area contributed by atoms with Gasteiger partial charge in [-0.3, -0.25) is 15.0 Å². The fourth-order valence-corrected chi connectivity index (χ4v) is 2.76. The van der Waals surface area contributed by atoms with Crippen molar-refractivity contribution in [3.63, 3.8) is 0 Å². The molecule has 3 amide bonds. The molecule has 5 nitrogen and oxygen atoms in total. The normalized spacial score (nSPS) is 12.5. The van der Waals surface area contributed by atoms with Gasteiger partial charge in [-0.05, 0) is 36.0 Å². The standard InChI is InChI=1S/C10H14BrN3O2S/c1-6(9(15)13-10(12)16)14(2)4-8-3-7(11)5-17-8/h3,5-6H,4H2,1-2H3,(H3,12,13,15,16)/t6-/m0/s1. The summed E-state index contributed by atoms with van der Waals surface area (Å²) in [5, 5.41) is 4.05. The minimum Gasteiger partial charge on any atom is -0.351 e. The molecule has 94 valence electrons. The monoisotopic (exact) mass is 319 g/mol. The van der Waals surface area contributed by atoms with Crippen molar-refractivity contribution in [1.29, 1.82) is 0 Å². The summed E-state index contributed by atoms with van der Waals surface area (Å²) in [6.45, 7) is 2.37. The van der Waals surface area contributed by atoms with Crippen LogP contribution in [0.2, 0.25) is 0 Å². The molecule has 0 spiro atoms. The van der Waals surface area contributed by atoms with E-state index in [-0.39, 0.29) is 0 Å². The molecule has 0 saturated heterocycles. The Morgan fingerprint density at radius 1 is 1.65 bits per heavy atom. The van der Waals surface area contributed by atoms with Gasteiger partial charge in [-0.2, -0.15) is 0 Å². The second-order valence-electron chi connectivity index (χ2n) is 3.68. The van der Waals surface area contributed by atoms with Gasteiger partial charge in [-0.1, -0.05) is 0 Å². The van der Waals surface area contributed by atoms with Gasteiger partial charge in [0.1, 0.15) is 0 Å². The molecule has 0 aromatic carbocycles. The lowest BCUT2D eigenvalue weighted by Gasteiger charge is -2.22. The van der Waals surface area contributed by atoms with E-state index in [1.165, 1.54) is 0 Å². The van der Waals surface area contributed by atoms with Crippen LogP contribution in [0, 0.1) is 0 Å². The molecule has 1 aromatic heterocycles. The first-order valence-electron chi connectivity index (χ1n) is 4.93. The molecule has 7 heteroatoms. The molecule has 3 N–H and O–H groups in total. The van der Waals surface area contributed by atoms with Gasteiger partial charge >= 0.3 is 6.03 Å². The maximum Gasteiger partial charge on any atom is 0.318 e. The molecule has 1 heterocycles. The van der Waals surface area contributed by atoms with Crippen LogP contribution in [-0.4, -0.2) is 29.9 Å². The Morgan fingerprint density at radius 2 is 2.29 bits per heavy atom. The van der Waals surface area contributed by atoms with Crippen molar-refractivity contribution in [3.05, 3.63) is 20.8 Å². The summed E-state index contributed by atoms with van der Waals surface area (Å²) in [5.74, 6) is -0.393. The molecule has 0 aliphatic carbocycles. The highest BCUT2D eigenvalue weighted by atomic mass is 79.9. The topological polar surface area (TPSA) is 75.4 Å². The first-order valence-corrected chi connectivity index (χ1v) is 6.61. The summed E-state index contributed by atoms with van der Waals surface area (Å²) in [7, 11) is 1.82. The molecule has 0 unspecified atom stereocenters. The molecule has 1 atom stereocenters. The van der Waals surface area contributed by atoms with Crippen LogP contribution in [0.5, 0.6) is 0 Å². The lowest BCUT2D eigenvalue weighted by Crippen LogP contribution is -2.46. The molecule has 1 aromatic rings. The zero-order valence-electron chi connectivity index (χ0n) is 9.57. The Hall–Kier alpha value is -0.920. The lowest BCUT2D eigenvalue weighted by atomic mass is 10.2. The Kier molecular flexibility index (Phi) is 5.10. The predicted octanol–water partition coefficient (Wildman–Crippen LogP) is 1.53. The number of nitrogens with zero attached hydrogens (tertiary/aromatic N) is 1. The predicted molar refractivity (Wildman–Crippen MR) is 70.7 cm³/mol. The minimum absolute atomic E-state index is 0.393. The summed E-state index contributed by atoms with van der Waals surface area (Å²) in [6.07, 6.45) is 0. The highest BCUT2D eigenvalue weighted by Crippen LogP contribution is 2.21. The maximum absolute atomic E-state index is 11.5. The van der Waals surface area contributed by atoms with Crippen molar-refractivity contribution in [3.8, 4) is 0 Å². The second kappa shape index (κ2) is 6.13. The van der Waals surface area contributed by atoms with E-state index in [4.69, 9.17) is 5.73 Å². The number of urea groups is 1. The maximum atomic E-state index is 11.5. The van der Waals surface area contributed by atoms with Crippen LogP contribution >= 0.6 is 27.3 Å². The third kappa shape index (κ3) is 4.45. The van der Waals surface area contributed by atoms with Gasteiger partial charge in [0.2, 0.25) is 5.91 Å². The Balaban J connectivity index is 2.54. The molecule has 1 rings (SSSR count). The molecule has 0 saturated carbocycles. The number of imide groups is 1. The zero-order chi connectivity index (χ0) is 13.0. The third-order valence-electron chi connectivity index (χ3n) is 2.31. The molecule has 0 aliphatic rings. The van der Waals surface area contributed by atoms with Crippen LogP contribution in [-0.2, 0) is 11.3 Å². The fraction of sp³-hybridized carbons (Fsp3) is 0.400. The molecule has 0 fully saturated rings. The number of likely N-dealkylation sites (N-methyl/N-ethyl adjacent to an activating group) is 1. The summed E-state index contributed by atoms with van der Waals surface area (Å²) in [4.78, 5) is 25.1. The lowest BCUT2D eigenvalue weighted by molar-refractivity contribution is -0.124. The molecular formula is C10H14BrN3O2S. The Bertz CT molecular complexity index is 421. The van der Waals surface area contributed by atoms with Gasteiger partial charge in [0.05, 0.1) is 6.04 Å². The van der Waals surface area contributed by atoms with E-state index >= 15 is 0 Å². The number of nitrogens with two attached hydrogens (primary N) is 1. The number of rotatable bonds is 4. The minimum atomic E-state index is -0.825. The van der Waals surface area contributed by atoms with Crippen LogP contribution in [0.1, 0.15) is 11.8 Å². The summed E-state index contributed by atoms with van der Waals surface area (Å²) < 4.78 is 1.03. The fourth-order valence-electron chi connectivity index (χ4n) is 1.25. The quantitative estimate of drug-likeness (QED) is 0.883. The largest absolute Gasteiger partial charge is 0.351 e. The van der Waals surface area contributed by atoms with E-state index in [0.717, 1.165) is 9.35 Å². The van der Waals surface area contributed by atoms with E-state index < -0.39 is 18.0 Å². The molecule has 17 heavy (non-hydrogen) atoms. The van der Waals surface area contributed by atoms with Crippen LogP contribution < -0.4 is 11.1 Å². The van der Waals surface area contributed by atoms with E-state index in [0.29, 0.717) is 6.54 Å². The highest BCUT2D eigenvalue weighted by molar-refractivity contribution is 9.10. The van der Waals surface area contributed by atoms with Crippen molar-refractivity contribution in [1.82, 2.24) is 10.2 Å². The average molecular weight is 320 g/mol. The van der Waals surface area contributed by atoms with Gasteiger partial charge in [-0.15, -0.1) is 11.3 Å². The van der Waals surface area contributed by atoms with Crippen molar-refractivity contribution >= 4 is 39.2 Å². The zero-order valence-corrected chi connectivity index (χ0v) is 12.0. The van der Waals surface area contributed by atoms with Crippen LogP contribution in [0.4, 0.5) is 4.79 Å². The van der Waals surface area contributed by atoms with Crippen molar-refractivity contribution in [2.24, 2.45) is 5.73 Å². The first kappa shape index (κ1) is 14.1. The van der Waals surface area contributed by atoms with E-state index in [9.17, 15) is 9.59 Å². The number of carbonyl (C=O) groups is 2. The van der Waals surface area contributed by atoms with Crippen molar-refractivity contribution in [2.75, 3.05) is 7.05 Å². The third-order valence-corrected chi connectivity index (χ3v) is 4.00. The molecule has 0 aliphatic heterocycles. The average Bonchev–Trinajstić information content (AvgIpc) is 2.61. The Morgan fingerprint density at radius 3 is 2.76 bits per heavy atom. The van der Waals surface area contributed by atoms with Crippen LogP contribution in [0.25, 0.3) is 0 Å². The summed E-state index contributed by atoms with van der Waals surface area (Å²) in [5.41, 5.74) is 4.89. The van der Waals surface area contributed by atoms with Gasteiger partial charge in [0.25, 0.3) is 0 Å².